The Hall–Kier alpha value is -0.190. The summed E-state index contributed by atoms with van der Waals surface area (Å²) in [4.78, 5) is 12.9. The maximum absolute atomic E-state index is 11.1. The highest BCUT2D eigenvalue weighted by Crippen LogP contribution is 2.26. The summed E-state index contributed by atoms with van der Waals surface area (Å²) in [7, 11) is 0. The van der Waals surface area contributed by atoms with E-state index in [4.69, 9.17) is 5.73 Å². The third-order valence-corrected chi connectivity index (χ3v) is 3.23. The first-order valence-electron chi connectivity index (χ1n) is 3.14. The fourth-order valence-corrected chi connectivity index (χ4v) is 2.58. The molecule has 1 rings (SSSR count). The molecule has 1 heterocycles. The van der Waals surface area contributed by atoms with Crippen molar-refractivity contribution in [2.45, 2.75) is 6.92 Å². The Kier molecular flexibility index (Phi) is 2.81. The lowest BCUT2D eigenvalue weighted by atomic mass is 10.3. The molecule has 2 nitrogen and oxygen atoms in total. The van der Waals surface area contributed by atoms with Crippen molar-refractivity contribution in [1.82, 2.24) is 0 Å². The van der Waals surface area contributed by atoms with Gasteiger partial charge in [-0.1, -0.05) is 0 Å². The van der Waals surface area contributed by atoms with Crippen LogP contribution in [0.4, 0.5) is 0 Å². The molecule has 0 bridgehead atoms. The zero-order valence-corrected chi connectivity index (χ0v) is 8.46. The van der Waals surface area contributed by atoms with E-state index in [2.05, 4.69) is 15.9 Å². The topological polar surface area (TPSA) is 43.1 Å². The highest BCUT2D eigenvalue weighted by molar-refractivity contribution is 9.10. The fraction of sp³-hybridized carbons (Fsp3) is 0.286. The SMILES string of the molecule is Cc1cc(Br)c(C(=O)CN)s1. The molecule has 0 fully saturated rings. The summed E-state index contributed by atoms with van der Waals surface area (Å²) < 4.78 is 0.857. The molecule has 2 N–H and O–H groups in total. The molecule has 0 aromatic carbocycles. The van der Waals surface area contributed by atoms with Gasteiger partial charge in [-0.2, -0.15) is 0 Å². The number of ketones is 1. The van der Waals surface area contributed by atoms with Crippen molar-refractivity contribution >= 4 is 33.0 Å². The number of hydrogen-bond acceptors (Lipinski definition) is 3. The molecular formula is C7H8BrNOS. The van der Waals surface area contributed by atoms with Gasteiger partial charge in [-0.05, 0) is 28.9 Å². The number of halogens is 1. The molecule has 0 spiro atoms. The fourth-order valence-electron chi connectivity index (χ4n) is 0.766. The van der Waals surface area contributed by atoms with Crippen LogP contribution in [-0.2, 0) is 0 Å². The van der Waals surface area contributed by atoms with Crippen molar-refractivity contribution in [3.05, 3.63) is 20.3 Å². The molecular weight excluding hydrogens is 226 g/mol. The second kappa shape index (κ2) is 3.47. The summed E-state index contributed by atoms with van der Waals surface area (Å²) in [5, 5.41) is 0. The number of rotatable bonds is 2. The van der Waals surface area contributed by atoms with Gasteiger partial charge >= 0.3 is 0 Å². The van der Waals surface area contributed by atoms with E-state index in [0.29, 0.717) is 0 Å². The van der Waals surface area contributed by atoms with Crippen LogP contribution in [0.2, 0.25) is 0 Å². The molecule has 1 aromatic heterocycles. The van der Waals surface area contributed by atoms with Gasteiger partial charge in [-0.3, -0.25) is 4.79 Å². The minimum atomic E-state index is -0.00465. The summed E-state index contributed by atoms with van der Waals surface area (Å²) in [5.41, 5.74) is 5.22. The molecule has 0 radical (unpaired) electrons. The quantitative estimate of drug-likeness (QED) is 0.795. The first kappa shape index (κ1) is 8.90. The Labute approximate surface area is 77.5 Å². The van der Waals surface area contributed by atoms with Gasteiger partial charge in [0.25, 0.3) is 0 Å². The van der Waals surface area contributed by atoms with Crippen molar-refractivity contribution in [3.8, 4) is 0 Å². The Morgan fingerprint density at radius 3 is 2.82 bits per heavy atom. The molecule has 0 atom stereocenters. The van der Waals surface area contributed by atoms with E-state index in [1.807, 2.05) is 13.0 Å². The number of Topliss-reactive ketones (excluding diaryl/α,β-unsaturated/α-hetero) is 1. The Morgan fingerprint density at radius 1 is 1.82 bits per heavy atom. The minimum Gasteiger partial charge on any atom is -0.324 e. The van der Waals surface area contributed by atoms with Crippen LogP contribution < -0.4 is 5.73 Å². The third kappa shape index (κ3) is 1.89. The lowest BCUT2D eigenvalue weighted by molar-refractivity contribution is 0.100. The van der Waals surface area contributed by atoms with E-state index in [1.54, 1.807) is 0 Å². The standard InChI is InChI=1S/C7H8BrNOS/c1-4-2-5(8)7(11-4)6(10)3-9/h2H,3,9H2,1H3. The van der Waals surface area contributed by atoms with Gasteiger partial charge < -0.3 is 5.73 Å². The molecule has 0 saturated heterocycles. The van der Waals surface area contributed by atoms with Crippen LogP contribution >= 0.6 is 27.3 Å². The summed E-state index contributed by atoms with van der Waals surface area (Å²) >= 11 is 4.76. The smallest absolute Gasteiger partial charge is 0.187 e. The molecule has 1 aromatic rings. The Morgan fingerprint density at radius 2 is 2.45 bits per heavy atom. The van der Waals surface area contributed by atoms with Gasteiger partial charge in [0, 0.05) is 9.35 Å². The normalized spacial score (nSPS) is 10.1. The van der Waals surface area contributed by atoms with Crippen LogP contribution in [0.5, 0.6) is 0 Å². The Balaban J connectivity index is 3.03. The van der Waals surface area contributed by atoms with Crippen LogP contribution in [0.25, 0.3) is 0 Å². The lowest BCUT2D eigenvalue weighted by Gasteiger charge is -1.91. The van der Waals surface area contributed by atoms with Crippen LogP contribution in [0, 0.1) is 6.92 Å². The Bertz CT molecular complexity index is 282. The molecule has 0 aliphatic carbocycles. The molecule has 0 saturated carbocycles. The summed E-state index contributed by atoms with van der Waals surface area (Å²) in [6.45, 7) is 2.04. The van der Waals surface area contributed by atoms with Crippen molar-refractivity contribution in [2.24, 2.45) is 5.73 Å². The molecule has 0 aliphatic heterocycles. The first-order valence-corrected chi connectivity index (χ1v) is 4.75. The van der Waals surface area contributed by atoms with E-state index in [0.717, 1.165) is 14.2 Å². The zero-order chi connectivity index (χ0) is 8.43. The van der Waals surface area contributed by atoms with E-state index >= 15 is 0 Å². The van der Waals surface area contributed by atoms with Crippen molar-refractivity contribution < 1.29 is 4.79 Å². The summed E-state index contributed by atoms with van der Waals surface area (Å²) in [6, 6.07) is 1.92. The maximum atomic E-state index is 11.1. The van der Waals surface area contributed by atoms with Crippen LogP contribution in [0.15, 0.2) is 10.5 Å². The predicted octanol–water partition coefficient (Wildman–Crippen LogP) is 1.96. The maximum Gasteiger partial charge on any atom is 0.187 e. The average Bonchev–Trinajstić information content (AvgIpc) is 2.28. The first-order chi connectivity index (χ1) is 5.15. The van der Waals surface area contributed by atoms with Crippen molar-refractivity contribution in [3.63, 3.8) is 0 Å². The molecule has 60 valence electrons. The van der Waals surface area contributed by atoms with Crippen LogP contribution in [-0.4, -0.2) is 12.3 Å². The number of hydrogen-bond donors (Lipinski definition) is 1. The van der Waals surface area contributed by atoms with Crippen LogP contribution in [0.3, 0.4) is 0 Å². The number of carbonyl (C=O) groups is 1. The second-order valence-electron chi connectivity index (χ2n) is 2.16. The van der Waals surface area contributed by atoms with Gasteiger partial charge in [0.15, 0.2) is 5.78 Å². The lowest BCUT2D eigenvalue weighted by Crippen LogP contribution is -2.12. The van der Waals surface area contributed by atoms with Crippen molar-refractivity contribution in [1.29, 1.82) is 0 Å². The highest BCUT2D eigenvalue weighted by atomic mass is 79.9. The van der Waals surface area contributed by atoms with E-state index < -0.39 is 0 Å². The van der Waals surface area contributed by atoms with Gasteiger partial charge in [-0.25, -0.2) is 0 Å². The van der Waals surface area contributed by atoms with Crippen LogP contribution in [0.1, 0.15) is 14.5 Å². The molecule has 0 unspecified atom stereocenters. The third-order valence-electron chi connectivity index (χ3n) is 1.25. The number of nitrogens with two attached hydrogens (primary N) is 1. The molecule has 11 heavy (non-hydrogen) atoms. The van der Waals surface area contributed by atoms with E-state index in [-0.39, 0.29) is 12.3 Å². The number of carbonyl (C=O) groups excluding carboxylic acids is 1. The zero-order valence-electron chi connectivity index (χ0n) is 6.06. The molecule has 0 amide bonds. The number of thiophene rings is 1. The highest BCUT2D eigenvalue weighted by Gasteiger charge is 2.10. The number of aryl methyl sites for hydroxylation is 1. The van der Waals surface area contributed by atoms with E-state index in [1.165, 1.54) is 11.3 Å². The van der Waals surface area contributed by atoms with Gasteiger partial charge in [0.1, 0.15) is 0 Å². The van der Waals surface area contributed by atoms with Gasteiger partial charge in [0.05, 0.1) is 11.4 Å². The monoisotopic (exact) mass is 233 g/mol. The van der Waals surface area contributed by atoms with E-state index in [9.17, 15) is 4.79 Å². The van der Waals surface area contributed by atoms with Crippen molar-refractivity contribution in [2.75, 3.05) is 6.54 Å². The summed E-state index contributed by atoms with van der Waals surface area (Å²) in [5.74, 6) is -0.00465. The summed E-state index contributed by atoms with van der Waals surface area (Å²) in [6.07, 6.45) is 0. The minimum absolute atomic E-state index is 0.00465. The molecule has 0 aliphatic rings. The average molecular weight is 234 g/mol. The predicted molar refractivity (Wildman–Crippen MR) is 50.1 cm³/mol. The largest absolute Gasteiger partial charge is 0.324 e. The van der Waals surface area contributed by atoms with Gasteiger partial charge in [0.2, 0.25) is 0 Å². The molecule has 4 heteroatoms. The van der Waals surface area contributed by atoms with Gasteiger partial charge in [-0.15, -0.1) is 11.3 Å². The second-order valence-corrected chi connectivity index (χ2v) is 4.27.